The molecule has 4 rings (SSSR count). The van der Waals surface area contributed by atoms with Gasteiger partial charge in [-0.05, 0) is 111 Å². The summed E-state index contributed by atoms with van der Waals surface area (Å²) in [7, 11) is 0. The van der Waals surface area contributed by atoms with Crippen LogP contribution in [0.4, 0.5) is 0 Å². The van der Waals surface area contributed by atoms with Gasteiger partial charge in [-0.3, -0.25) is 9.69 Å². The molecule has 1 saturated heterocycles. The molecule has 186 valence electrons. The van der Waals surface area contributed by atoms with Crippen LogP contribution in [0.3, 0.4) is 0 Å². The molecular weight excluding hydrogens is 422 g/mol. The molecule has 1 saturated carbocycles. The molecule has 0 atom stereocenters. The van der Waals surface area contributed by atoms with E-state index in [1.165, 1.54) is 29.2 Å². The molecule has 0 spiro atoms. The molecule has 4 nitrogen and oxygen atoms in total. The lowest BCUT2D eigenvalue weighted by atomic mass is 9.72. The number of piperidine rings is 1. The van der Waals surface area contributed by atoms with Crippen LogP contribution in [0.2, 0.25) is 0 Å². The number of rotatable bonds is 6. The van der Waals surface area contributed by atoms with Crippen molar-refractivity contribution in [3.05, 3.63) is 42.0 Å². The Morgan fingerprint density at radius 1 is 1.00 bits per heavy atom. The molecule has 2 aromatic rings. The summed E-state index contributed by atoms with van der Waals surface area (Å²) in [5.41, 5.74) is 1.39. The molecule has 0 bridgehead atoms. The van der Waals surface area contributed by atoms with E-state index in [4.69, 9.17) is 9.47 Å². The SMILES string of the molecule is CCOC(=O)C1(C)CCN(Cc2ccc3cc(OC4CCC(C(C)(C)C)CC4)ccc3c2)CC1. The second-order valence-electron chi connectivity index (χ2n) is 11.9. The van der Waals surface area contributed by atoms with Gasteiger partial charge < -0.3 is 9.47 Å². The number of hydrogen-bond donors (Lipinski definition) is 0. The predicted molar refractivity (Wildman–Crippen MR) is 139 cm³/mol. The van der Waals surface area contributed by atoms with Crippen molar-refractivity contribution < 1.29 is 14.3 Å². The zero-order chi connectivity index (χ0) is 24.3. The van der Waals surface area contributed by atoms with Crippen LogP contribution in [-0.4, -0.2) is 36.7 Å². The lowest BCUT2D eigenvalue weighted by Crippen LogP contribution is -2.43. The van der Waals surface area contributed by atoms with Crippen LogP contribution in [0.15, 0.2) is 36.4 Å². The molecule has 0 unspecified atom stereocenters. The lowest BCUT2D eigenvalue weighted by Gasteiger charge is -2.37. The normalized spacial score (nSPS) is 23.6. The molecule has 2 aromatic carbocycles. The molecular formula is C30H43NO3. The lowest BCUT2D eigenvalue weighted by molar-refractivity contribution is -0.157. The van der Waals surface area contributed by atoms with Gasteiger partial charge in [0.1, 0.15) is 5.75 Å². The third-order valence-corrected chi connectivity index (χ3v) is 8.21. The highest BCUT2D eigenvalue weighted by Crippen LogP contribution is 2.39. The van der Waals surface area contributed by atoms with E-state index in [1.54, 1.807) is 0 Å². The van der Waals surface area contributed by atoms with E-state index < -0.39 is 0 Å². The maximum atomic E-state index is 12.3. The standard InChI is InChI=1S/C30H43NO3/c1-6-33-28(32)30(5)15-17-31(18-16-30)21-22-7-8-24-20-27(12-9-23(24)19-22)34-26-13-10-25(11-14-26)29(2,3)4/h7-9,12,19-20,25-26H,6,10-11,13-18,21H2,1-5H3. The summed E-state index contributed by atoms with van der Waals surface area (Å²) in [5, 5.41) is 2.49. The van der Waals surface area contributed by atoms with Crippen molar-refractivity contribution in [3.63, 3.8) is 0 Å². The Labute approximate surface area is 206 Å². The Balaban J connectivity index is 1.32. The Morgan fingerprint density at radius 3 is 2.29 bits per heavy atom. The summed E-state index contributed by atoms with van der Waals surface area (Å²) in [5.74, 6) is 1.76. The minimum atomic E-state index is -0.335. The first-order valence-electron chi connectivity index (χ1n) is 13.3. The summed E-state index contributed by atoms with van der Waals surface area (Å²) in [6.45, 7) is 14.3. The molecule has 2 fully saturated rings. The van der Waals surface area contributed by atoms with Crippen molar-refractivity contribution in [1.82, 2.24) is 4.90 Å². The zero-order valence-corrected chi connectivity index (χ0v) is 21.9. The van der Waals surface area contributed by atoms with Crippen molar-refractivity contribution in [2.24, 2.45) is 16.7 Å². The highest BCUT2D eigenvalue weighted by atomic mass is 16.5. The van der Waals surface area contributed by atoms with E-state index in [2.05, 4.69) is 62.1 Å². The van der Waals surface area contributed by atoms with Gasteiger partial charge >= 0.3 is 5.97 Å². The first-order valence-corrected chi connectivity index (χ1v) is 13.3. The monoisotopic (exact) mass is 465 g/mol. The van der Waals surface area contributed by atoms with Gasteiger partial charge in [-0.1, -0.05) is 39.0 Å². The second-order valence-corrected chi connectivity index (χ2v) is 11.9. The first-order chi connectivity index (χ1) is 16.2. The average molecular weight is 466 g/mol. The van der Waals surface area contributed by atoms with Crippen LogP contribution in [0, 0.1) is 16.7 Å². The van der Waals surface area contributed by atoms with Crippen molar-refractivity contribution in [2.45, 2.75) is 85.8 Å². The smallest absolute Gasteiger partial charge is 0.311 e. The summed E-state index contributed by atoms with van der Waals surface area (Å²) < 4.78 is 11.7. The minimum absolute atomic E-state index is 0.0411. The highest BCUT2D eigenvalue weighted by molar-refractivity contribution is 5.84. The van der Waals surface area contributed by atoms with Gasteiger partial charge in [0.25, 0.3) is 0 Å². The number of esters is 1. The predicted octanol–water partition coefficient (Wildman–Crippen LogP) is 6.99. The zero-order valence-electron chi connectivity index (χ0n) is 21.9. The molecule has 4 heteroatoms. The summed E-state index contributed by atoms with van der Waals surface area (Å²) in [6, 6.07) is 13.3. The Kier molecular flexibility index (Phi) is 7.57. The Bertz CT molecular complexity index is 976. The van der Waals surface area contributed by atoms with Gasteiger partial charge in [0, 0.05) is 6.54 Å². The van der Waals surface area contributed by atoms with Crippen molar-refractivity contribution in [2.75, 3.05) is 19.7 Å². The van der Waals surface area contributed by atoms with Crippen LogP contribution in [0.5, 0.6) is 5.75 Å². The van der Waals surface area contributed by atoms with Gasteiger partial charge in [-0.25, -0.2) is 0 Å². The molecule has 0 amide bonds. The largest absolute Gasteiger partial charge is 0.490 e. The van der Waals surface area contributed by atoms with Gasteiger partial charge in [0.05, 0.1) is 18.1 Å². The number of nitrogens with zero attached hydrogens (tertiary/aromatic N) is 1. The summed E-state index contributed by atoms with van der Waals surface area (Å²) in [6.07, 6.45) is 6.90. The average Bonchev–Trinajstić information content (AvgIpc) is 2.81. The van der Waals surface area contributed by atoms with E-state index in [0.717, 1.165) is 57.0 Å². The van der Waals surface area contributed by atoms with E-state index in [9.17, 15) is 4.79 Å². The molecule has 1 aliphatic heterocycles. The van der Waals surface area contributed by atoms with Gasteiger partial charge in [0.15, 0.2) is 0 Å². The van der Waals surface area contributed by atoms with Crippen LogP contribution in [0.1, 0.15) is 78.7 Å². The van der Waals surface area contributed by atoms with Gasteiger partial charge in [0.2, 0.25) is 0 Å². The van der Waals surface area contributed by atoms with E-state index >= 15 is 0 Å². The third kappa shape index (κ3) is 5.94. The fraction of sp³-hybridized carbons (Fsp3) is 0.633. The molecule has 0 aromatic heterocycles. The maximum Gasteiger partial charge on any atom is 0.311 e. The highest BCUT2D eigenvalue weighted by Gasteiger charge is 2.38. The Hall–Kier alpha value is -2.07. The molecule has 2 aliphatic rings. The summed E-state index contributed by atoms with van der Waals surface area (Å²) >= 11 is 0. The van der Waals surface area contributed by atoms with Crippen LogP contribution in [0.25, 0.3) is 10.8 Å². The first kappa shape index (κ1) is 25.0. The molecule has 0 radical (unpaired) electrons. The summed E-state index contributed by atoms with van der Waals surface area (Å²) in [4.78, 5) is 14.7. The number of carbonyl (C=O) groups is 1. The number of ether oxygens (including phenoxy) is 2. The van der Waals surface area contributed by atoms with Gasteiger partial charge in [-0.2, -0.15) is 0 Å². The molecule has 1 heterocycles. The Morgan fingerprint density at radius 2 is 1.65 bits per heavy atom. The maximum absolute atomic E-state index is 12.3. The van der Waals surface area contributed by atoms with Gasteiger partial charge in [-0.15, -0.1) is 0 Å². The molecule has 0 N–H and O–H groups in total. The fourth-order valence-corrected chi connectivity index (χ4v) is 5.66. The number of hydrogen-bond acceptors (Lipinski definition) is 4. The van der Waals surface area contributed by atoms with Crippen LogP contribution >= 0.6 is 0 Å². The second kappa shape index (κ2) is 10.3. The van der Waals surface area contributed by atoms with Crippen molar-refractivity contribution in [3.8, 4) is 5.75 Å². The van der Waals surface area contributed by atoms with E-state index in [1.807, 2.05) is 13.8 Å². The molecule has 1 aliphatic carbocycles. The number of benzene rings is 2. The van der Waals surface area contributed by atoms with E-state index in [-0.39, 0.29) is 11.4 Å². The number of fused-ring (bicyclic) bond motifs is 1. The minimum Gasteiger partial charge on any atom is -0.490 e. The van der Waals surface area contributed by atoms with E-state index in [0.29, 0.717) is 18.1 Å². The third-order valence-electron chi connectivity index (χ3n) is 8.21. The molecule has 34 heavy (non-hydrogen) atoms. The van der Waals surface area contributed by atoms with Crippen molar-refractivity contribution in [1.29, 1.82) is 0 Å². The van der Waals surface area contributed by atoms with Crippen LogP contribution in [-0.2, 0) is 16.1 Å². The number of carbonyl (C=O) groups excluding carboxylic acids is 1. The topological polar surface area (TPSA) is 38.8 Å². The van der Waals surface area contributed by atoms with Crippen molar-refractivity contribution >= 4 is 16.7 Å². The fourth-order valence-electron chi connectivity index (χ4n) is 5.66. The number of likely N-dealkylation sites (tertiary alicyclic amines) is 1. The van der Waals surface area contributed by atoms with Crippen LogP contribution < -0.4 is 4.74 Å². The quantitative estimate of drug-likeness (QED) is 0.431.